The number of hydrogen-bond acceptors (Lipinski definition) is 2. The second-order valence-corrected chi connectivity index (χ2v) is 6.40. The van der Waals surface area contributed by atoms with Crippen LogP contribution in [0.5, 0.6) is 0 Å². The van der Waals surface area contributed by atoms with E-state index < -0.39 is 6.04 Å². The van der Waals surface area contributed by atoms with Crippen molar-refractivity contribution in [3.8, 4) is 0 Å². The number of carbonyl (C=O) groups is 2. The van der Waals surface area contributed by atoms with Gasteiger partial charge in [0.1, 0.15) is 6.04 Å². The second kappa shape index (κ2) is 9.23. The van der Waals surface area contributed by atoms with Gasteiger partial charge in [-0.15, -0.1) is 0 Å². The average Bonchev–Trinajstić information content (AvgIpc) is 2.62. The number of benzene rings is 2. The highest BCUT2D eigenvalue weighted by atomic mass is 35.5. The molecule has 0 aromatic heterocycles. The molecule has 0 saturated heterocycles. The summed E-state index contributed by atoms with van der Waals surface area (Å²) >= 11 is 5.82. The first-order chi connectivity index (χ1) is 12.0. The minimum Gasteiger partial charge on any atom is -0.348 e. The van der Waals surface area contributed by atoms with Crippen LogP contribution in [0.1, 0.15) is 48.7 Å². The van der Waals surface area contributed by atoms with Crippen LogP contribution in [0.15, 0.2) is 54.6 Å². The Bertz CT molecular complexity index is 701. The SMILES string of the molecule is CCCC(NC(=O)C(C)NC(=O)c1ccc(Cl)cc1)c1ccccc1. The summed E-state index contributed by atoms with van der Waals surface area (Å²) in [4.78, 5) is 24.7. The molecule has 2 aromatic carbocycles. The van der Waals surface area contributed by atoms with Crippen LogP contribution in [-0.2, 0) is 4.79 Å². The van der Waals surface area contributed by atoms with Gasteiger partial charge in [0.15, 0.2) is 0 Å². The van der Waals surface area contributed by atoms with E-state index in [1.54, 1.807) is 31.2 Å². The van der Waals surface area contributed by atoms with Crippen molar-refractivity contribution in [2.24, 2.45) is 0 Å². The number of halogens is 1. The molecule has 132 valence electrons. The fourth-order valence-corrected chi connectivity index (χ4v) is 2.67. The summed E-state index contributed by atoms with van der Waals surface area (Å²) in [6, 6.07) is 15.7. The minimum absolute atomic E-state index is 0.0615. The Kier molecular flexibility index (Phi) is 7.02. The molecular formula is C20H23ClN2O2. The van der Waals surface area contributed by atoms with E-state index in [9.17, 15) is 9.59 Å². The van der Waals surface area contributed by atoms with E-state index in [-0.39, 0.29) is 17.9 Å². The van der Waals surface area contributed by atoms with E-state index in [4.69, 9.17) is 11.6 Å². The molecule has 4 nitrogen and oxygen atoms in total. The monoisotopic (exact) mass is 358 g/mol. The first-order valence-electron chi connectivity index (χ1n) is 8.43. The topological polar surface area (TPSA) is 58.2 Å². The van der Waals surface area contributed by atoms with E-state index >= 15 is 0 Å². The normalized spacial score (nSPS) is 12.9. The van der Waals surface area contributed by atoms with Gasteiger partial charge in [0.05, 0.1) is 6.04 Å². The van der Waals surface area contributed by atoms with Gasteiger partial charge in [-0.1, -0.05) is 55.3 Å². The van der Waals surface area contributed by atoms with Gasteiger partial charge in [-0.2, -0.15) is 0 Å². The Morgan fingerprint density at radius 3 is 2.24 bits per heavy atom. The lowest BCUT2D eigenvalue weighted by molar-refractivity contribution is -0.123. The van der Waals surface area contributed by atoms with Crippen molar-refractivity contribution in [3.05, 3.63) is 70.7 Å². The zero-order chi connectivity index (χ0) is 18.2. The summed E-state index contributed by atoms with van der Waals surface area (Å²) in [6.07, 6.45) is 1.79. The molecule has 0 saturated carbocycles. The standard InChI is InChI=1S/C20H23ClN2O2/c1-3-7-18(15-8-5-4-6-9-15)23-19(24)14(2)22-20(25)16-10-12-17(21)13-11-16/h4-6,8-14,18H,3,7H2,1-2H3,(H,22,25)(H,23,24). The average molecular weight is 359 g/mol. The molecule has 2 N–H and O–H groups in total. The molecule has 2 unspecified atom stereocenters. The summed E-state index contributed by atoms with van der Waals surface area (Å²) in [6.45, 7) is 3.75. The quantitative estimate of drug-likeness (QED) is 0.782. The molecule has 25 heavy (non-hydrogen) atoms. The number of nitrogens with one attached hydrogen (secondary N) is 2. The molecule has 0 radical (unpaired) electrons. The Labute approximate surface area is 153 Å². The number of carbonyl (C=O) groups excluding carboxylic acids is 2. The van der Waals surface area contributed by atoms with E-state index in [1.165, 1.54) is 0 Å². The van der Waals surface area contributed by atoms with Gasteiger partial charge in [0, 0.05) is 10.6 Å². The van der Waals surface area contributed by atoms with Gasteiger partial charge >= 0.3 is 0 Å². The predicted molar refractivity (Wildman–Crippen MR) is 101 cm³/mol. The Morgan fingerprint density at radius 1 is 1.00 bits per heavy atom. The fraction of sp³-hybridized carbons (Fsp3) is 0.300. The summed E-state index contributed by atoms with van der Waals surface area (Å²) in [7, 11) is 0. The van der Waals surface area contributed by atoms with E-state index in [2.05, 4.69) is 17.6 Å². The van der Waals surface area contributed by atoms with Crippen LogP contribution in [0, 0.1) is 0 Å². The van der Waals surface area contributed by atoms with E-state index in [0.717, 1.165) is 18.4 Å². The van der Waals surface area contributed by atoms with Crippen LogP contribution in [-0.4, -0.2) is 17.9 Å². The van der Waals surface area contributed by atoms with Gasteiger partial charge in [0.25, 0.3) is 5.91 Å². The highest BCUT2D eigenvalue weighted by molar-refractivity contribution is 6.30. The van der Waals surface area contributed by atoms with Gasteiger partial charge in [-0.05, 0) is 43.2 Å². The number of amides is 2. The van der Waals surface area contributed by atoms with Crippen molar-refractivity contribution in [2.75, 3.05) is 0 Å². The second-order valence-electron chi connectivity index (χ2n) is 5.96. The Balaban J connectivity index is 1.98. The number of hydrogen-bond donors (Lipinski definition) is 2. The fourth-order valence-electron chi connectivity index (χ4n) is 2.54. The van der Waals surface area contributed by atoms with Crippen molar-refractivity contribution >= 4 is 23.4 Å². The van der Waals surface area contributed by atoms with E-state index in [1.807, 2.05) is 30.3 Å². The molecular weight excluding hydrogens is 336 g/mol. The lowest BCUT2D eigenvalue weighted by Gasteiger charge is -2.21. The maximum absolute atomic E-state index is 12.5. The van der Waals surface area contributed by atoms with Crippen LogP contribution >= 0.6 is 11.6 Å². The van der Waals surface area contributed by atoms with Gasteiger partial charge in [-0.3, -0.25) is 9.59 Å². The molecule has 2 atom stereocenters. The van der Waals surface area contributed by atoms with Crippen LogP contribution in [0.25, 0.3) is 0 Å². The number of rotatable bonds is 7. The third kappa shape index (κ3) is 5.61. The molecule has 2 aromatic rings. The predicted octanol–water partition coefficient (Wildman–Crippen LogP) is 4.12. The van der Waals surface area contributed by atoms with Crippen molar-refractivity contribution < 1.29 is 9.59 Å². The zero-order valence-corrected chi connectivity index (χ0v) is 15.2. The molecule has 0 aliphatic heterocycles. The summed E-state index contributed by atoms with van der Waals surface area (Å²) < 4.78 is 0. The van der Waals surface area contributed by atoms with Gasteiger partial charge in [-0.25, -0.2) is 0 Å². The molecule has 0 bridgehead atoms. The first-order valence-corrected chi connectivity index (χ1v) is 8.80. The smallest absolute Gasteiger partial charge is 0.251 e. The van der Waals surface area contributed by atoms with E-state index in [0.29, 0.717) is 10.6 Å². The minimum atomic E-state index is -0.633. The van der Waals surface area contributed by atoms with Gasteiger partial charge in [0.2, 0.25) is 5.91 Å². The Hall–Kier alpha value is -2.33. The molecule has 0 aliphatic rings. The molecule has 0 aliphatic carbocycles. The lowest BCUT2D eigenvalue weighted by atomic mass is 10.0. The third-order valence-corrected chi connectivity index (χ3v) is 4.20. The van der Waals surface area contributed by atoms with Crippen LogP contribution in [0.4, 0.5) is 0 Å². The summed E-state index contributed by atoms with van der Waals surface area (Å²) in [5.74, 6) is -0.504. The largest absolute Gasteiger partial charge is 0.348 e. The molecule has 5 heteroatoms. The lowest BCUT2D eigenvalue weighted by Crippen LogP contribution is -2.45. The van der Waals surface area contributed by atoms with Crippen LogP contribution in [0.2, 0.25) is 5.02 Å². The molecule has 2 amide bonds. The third-order valence-electron chi connectivity index (χ3n) is 3.94. The molecule has 0 spiro atoms. The first kappa shape index (κ1) is 19.0. The maximum Gasteiger partial charge on any atom is 0.251 e. The zero-order valence-electron chi connectivity index (χ0n) is 14.5. The Morgan fingerprint density at radius 2 is 1.64 bits per heavy atom. The van der Waals surface area contributed by atoms with Crippen molar-refractivity contribution in [1.82, 2.24) is 10.6 Å². The van der Waals surface area contributed by atoms with Gasteiger partial charge < -0.3 is 10.6 Å². The maximum atomic E-state index is 12.5. The van der Waals surface area contributed by atoms with Crippen molar-refractivity contribution in [2.45, 2.75) is 38.8 Å². The van der Waals surface area contributed by atoms with Crippen LogP contribution in [0.3, 0.4) is 0 Å². The molecule has 0 fully saturated rings. The molecule has 2 rings (SSSR count). The highest BCUT2D eigenvalue weighted by Crippen LogP contribution is 2.18. The van der Waals surface area contributed by atoms with Crippen molar-refractivity contribution in [1.29, 1.82) is 0 Å². The van der Waals surface area contributed by atoms with Crippen LogP contribution < -0.4 is 10.6 Å². The van der Waals surface area contributed by atoms with Crippen molar-refractivity contribution in [3.63, 3.8) is 0 Å². The molecule has 0 heterocycles. The summed E-state index contributed by atoms with van der Waals surface area (Å²) in [5, 5.41) is 6.31. The summed E-state index contributed by atoms with van der Waals surface area (Å²) in [5.41, 5.74) is 1.53. The highest BCUT2D eigenvalue weighted by Gasteiger charge is 2.20.